The number of fused-ring (bicyclic) bond motifs is 3. The van der Waals surface area contributed by atoms with Crippen LogP contribution in [0.15, 0.2) is 219 Å². The molecule has 3 aliphatic rings. The molecule has 3 amide bonds. The van der Waals surface area contributed by atoms with Gasteiger partial charge in [-0.25, -0.2) is 43.9 Å². The molecule has 9 heterocycles. The molecule has 3 saturated heterocycles. The molecule has 546 valence electrons. The summed E-state index contributed by atoms with van der Waals surface area (Å²) in [5.74, 6) is 5.64. The normalized spacial score (nSPS) is 16.1. The van der Waals surface area contributed by atoms with Crippen LogP contribution in [0, 0.1) is 0 Å². The Kier molecular flexibility index (Phi) is 23.3. The molecule has 0 radical (unpaired) electrons. The van der Waals surface area contributed by atoms with Crippen LogP contribution in [0.2, 0.25) is 0 Å². The first-order chi connectivity index (χ1) is 52.3. The summed E-state index contributed by atoms with van der Waals surface area (Å²) < 4.78 is 28.5. The Morgan fingerprint density at radius 2 is 0.738 bits per heavy atom. The lowest BCUT2D eigenvalue weighted by atomic mass is 10.1. The number of ether oxygens (including phenoxy) is 4. The van der Waals surface area contributed by atoms with Gasteiger partial charge in [0.15, 0.2) is 16.9 Å². The number of likely N-dealkylation sites (N-methyl/N-ethyl adjacent to an activating group) is 1. The smallest absolute Gasteiger partial charge is 0.246 e. The summed E-state index contributed by atoms with van der Waals surface area (Å²) >= 11 is 0. The number of amides is 3. The van der Waals surface area contributed by atoms with Gasteiger partial charge in [-0.05, 0) is 175 Å². The zero-order valence-electron chi connectivity index (χ0n) is 60.2. The summed E-state index contributed by atoms with van der Waals surface area (Å²) in [7, 11) is 5.55. The van der Waals surface area contributed by atoms with E-state index in [9.17, 15) is 14.4 Å². The molecule has 0 saturated carbocycles. The molecular weight excluding hydrogens is 1350 g/mol. The van der Waals surface area contributed by atoms with Gasteiger partial charge in [0, 0.05) is 81.8 Å². The highest BCUT2D eigenvalue weighted by Gasteiger charge is 2.32. The van der Waals surface area contributed by atoms with Crippen LogP contribution in [0.1, 0.15) is 63.6 Å². The fourth-order valence-corrected chi connectivity index (χ4v) is 13.4. The lowest BCUT2D eigenvalue weighted by Gasteiger charge is -2.32. The molecule has 12 aromatic rings. The Balaban J connectivity index is 0.000000142. The molecule has 3 aliphatic heterocycles. The van der Waals surface area contributed by atoms with Crippen LogP contribution in [-0.2, 0) is 19.1 Å². The van der Waals surface area contributed by atoms with Gasteiger partial charge >= 0.3 is 0 Å². The van der Waals surface area contributed by atoms with E-state index in [1.54, 1.807) is 37.5 Å². The van der Waals surface area contributed by atoms with E-state index in [0.717, 1.165) is 120 Å². The molecule has 0 bridgehead atoms. The first-order valence-corrected chi connectivity index (χ1v) is 35.7. The molecule has 26 nitrogen and oxygen atoms in total. The molecule has 6 aromatic carbocycles. The van der Waals surface area contributed by atoms with Gasteiger partial charge in [-0.1, -0.05) is 72.8 Å². The van der Waals surface area contributed by atoms with E-state index in [2.05, 4.69) is 29.9 Å². The number of nitrogens with two attached hydrogens (primary N) is 3. The van der Waals surface area contributed by atoms with E-state index >= 15 is 0 Å². The highest BCUT2D eigenvalue weighted by atomic mass is 16.5. The average Bonchev–Trinajstić information content (AvgIpc) is 1.63. The zero-order valence-corrected chi connectivity index (χ0v) is 60.2. The minimum absolute atomic E-state index is 0.00816. The molecule has 6 N–H and O–H groups in total. The number of nitrogens with zero attached hydrogens (tertiary/aromatic N) is 16. The molecule has 0 aliphatic carbocycles. The second-order valence-electron chi connectivity index (χ2n) is 26.3. The monoisotopic (exact) mass is 1440 g/mol. The molecule has 0 spiro atoms. The van der Waals surface area contributed by atoms with Crippen molar-refractivity contribution in [1.29, 1.82) is 0 Å². The number of allylic oxidation sites excluding steroid dienone is 1. The summed E-state index contributed by atoms with van der Waals surface area (Å²) in [4.78, 5) is 71.7. The van der Waals surface area contributed by atoms with E-state index in [4.69, 9.17) is 51.4 Å². The van der Waals surface area contributed by atoms with Crippen LogP contribution < -0.4 is 31.4 Å². The van der Waals surface area contributed by atoms with Gasteiger partial charge in [-0.3, -0.25) is 14.4 Å². The molecule has 15 rings (SSSR count). The minimum atomic E-state index is -0.0309. The Hall–Kier alpha value is -12.7. The molecule has 107 heavy (non-hydrogen) atoms. The summed E-state index contributed by atoms with van der Waals surface area (Å²) in [6.45, 7) is 6.84. The second kappa shape index (κ2) is 34.3. The van der Waals surface area contributed by atoms with Crippen molar-refractivity contribution < 1.29 is 33.3 Å². The fourth-order valence-electron chi connectivity index (χ4n) is 13.4. The number of nitrogen functional groups attached to an aromatic ring is 3. The van der Waals surface area contributed by atoms with Crippen LogP contribution in [0.5, 0.6) is 34.5 Å². The summed E-state index contributed by atoms with van der Waals surface area (Å²) in [5, 5.41) is 17.0. The highest BCUT2D eigenvalue weighted by molar-refractivity contribution is 6.00. The van der Waals surface area contributed by atoms with Crippen molar-refractivity contribution >= 4 is 68.3 Å². The number of carbonyl (C=O) groups is 3. The van der Waals surface area contributed by atoms with Crippen molar-refractivity contribution in [3.8, 4) is 68.3 Å². The second-order valence-corrected chi connectivity index (χ2v) is 26.3. The number of hydrogen-bond donors (Lipinski definition) is 3. The quantitative estimate of drug-likeness (QED) is 0.0633. The van der Waals surface area contributed by atoms with Crippen molar-refractivity contribution in [3.63, 3.8) is 0 Å². The van der Waals surface area contributed by atoms with Crippen molar-refractivity contribution in [2.75, 3.05) is 90.8 Å². The lowest BCUT2D eigenvalue weighted by molar-refractivity contribution is -0.128. The summed E-state index contributed by atoms with van der Waals surface area (Å²) in [5.41, 5.74) is 25.7. The maximum absolute atomic E-state index is 12.8. The Labute approximate surface area is 619 Å². The topological polar surface area (TPSA) is 310 Å². The largest absolute Gasteiger partial charge is 0.457 e. The molecular formula is C81H85N19O7. The van der Waals surface area contributed by atoms with Crippen LogP contribution >= 0.6 is 0 Å². The van der Waals surface area contributed by atoms with Gasteiger partial charge < -0.3 is 55.7 Å². The number of likely N-dealkylation sites (tertiary alicyclic amines) is 3. The standard InChI is InChI=1S/C28H31N7O2.C27H28N6O3.C26H26N6O2/c1-33(2)16-7-11-24(36)34-17-6-8-21(18-34)35-28-25(27(29)30-19-31-28)26(32-35)20-12-14-23(15-13-20)37-22-9-4-3-5-10-22;1-35-16-6-10-23(34)32-15-5-7-20(17-32)33-27-24(26(28)29-18-30-27)25(31-33)19-11-13-22(14-12-19)36-21-8-3-2-4-9-21;1-2-7-22(33)31-15-6-8-19(16-31)32-26-23(25(27)28-17-29-26)24(30-32)18-11-13-21(14-12-18)34-20-9-4-3-5-10-20/h3-5,7,9-15,19,21H,6,8,16-18H2,1-2H3,(H2,29,30,31);2-4,6,8-14,18,20H,5,7,15-17H2,1H3,(H2,28,29,30);2-5,7,9-14,17,19H,6,8,15-16H2,1H3,(H2,27,28,29)/b11-7+;10-6+;7-2+. The van der Waals surface area contributed by atoms with Gasteiger partial charge in [0.2, 0.25) is 17.7 Å². The maximum Gasteiger partial charge on any atom is 0.246 e. The summed E-state index contributed by atoms with van der Waals surface area (Å²) in [6, 6.07) is 52.1. The van der Waals surface area contributed by atoms with Gasteiger partial charge in [-0.15, -0.1) is 0 Å². The number of rotatable bonds is 19. The van der Waals surface area contributed by atoms with E-state index in [-0.39, 0.29) is 35.8 Å². The van der Waals surface area contributed by atoms with Crippen LogP contribution in [0.4, 0.5) is 17.5 Å². The van der Waals surface area contributed by atoms with E-state index in [0.29, 0.717) is 89.3 Å². The van der Waals surface area contributed by atoms with Crippen molar-refractivity contribution in [2.24, 2.45) is 0 Å². The van der Waals surface area contributed by atoms with Crippen molar-refractivity contribution in [3.05, 3.63) is 219 Å². The third kappa shape index (κ3) is 17.4. The SMILES string of the molecule is C/C=C/C(=O)N1CCCC(n2nc(-c3ccc(Oc4ccccc4)cc3)c3c(N)ncnc32)C1.CN(C)C/C=C/C(=O)N1CCCC(n2nc(-c3ccc(Oc4ccccc4)cc3)c3c(N)ncnc32)C1.COC/C=C/C(=O)N1CCCC(n2nc(-c3ccc(Oc4ccccc4)cc3)c3c(N)ncnc32)C1. The maximum atomic E-state index is 12.8. The highest BCUT2D eigenvalue weighted by Crippen LogP contribution is 2.39. The fraction of sp³-hybridized carbons (Fsp3) is 0.259. The number of anilines is 3. The number of benzene rings is 6. The predicted octanol–water partition coefficient (Wildman–Crippen LogP) is 13.0. The Morgan fingerprint density at radius 1 is 0.430 bits per heavy atom. The molecule has 3 unspecified atom stereocenters. The van der Waals surface area contributed by atoms with E-state index in [1.807, 2.05) is 225 Å². The number of carbonyl (C=O) groups excluding carboxylic acids is 3. The average molecular weight is 1440 g/mol. The van der Waals surface area contributed by atoms with Gasteiger partial charge in [-0.2, -0.15) is 15.3 Å². The number of aromatic nitrogens is 12. The van der Waals surface area contributed by atoms with Crippen LogP contribution in [0.25, 0.3) is 66.9 Å². The number of hydrogen-bond acceptors (Lipinski definition) is 20. The predicted molar refractivity (Wildman–Crippen MR) is 413 cm³/mol. The molecule has 3 atom stereocenters. The molecule has 3 fully saturated rings. The Bertz CT molecular complexity index is 5110. The third-order valence-electron chi connectivity index (χ3n) is 18.6. The first kappa shape index (κ1) is 72.7. The molecule has 6 aromatic heterocycles. The van der Waals surface area contributed by atoms with Gasteiger partial charge in [0.05, 0.1) is 40.9 Å². The number of piperidine rings is 3. The first-order valence-electron chi connectivity index (χ1n) is 35.7. The number of methoxy groups -OCH3 is 1. The van der Waals surface area contributed by atoms with Gasteiger partial charge in [0.1, 0.15) is 88.0 Å². The third-order valence-corrected chi connectivity index (χ3v) is 18.6. The van der Waals surface area contributed by atoms with Crippen LogP contribution in [0.3, 0.4) is 0 Å². The summed E-state index contributed by atoms with van der Waals surface area (Å²) in [6.07, 6.45) is 20.0. The number of para-hydroxylation sites is 3. The minimum Gasteiger partial charge on any atom is -0.457 e. The van der Waals surface area contributed by atoms with Crippen molar-refractivity contribution in [1.82, 2.24) is 78.8 Å². The zero-order chi connectivity index (χ0) is 74.2. The Morgan fingerprint density at radius 3 is 1.05 bits per heavy atom. The van der Waals surface area contributed by atoms with Gasteiger partial charge in [0.25, 0.3) is 0 Å². The molecule has 26 heteroatoms. The van der Waals surface area contributed by atoms with E-state index < -0.39 is 0 Å². The van der Waals surface area contributed by atoms with E-state index in [1.165, 1.54) is 19.0 Å². The lowest BCUT2D eigenvalue weighted by Crippen LogP contribution is -2.40. The van der Waals surface area contributed by atoms with Crippen LogP contribution in [-0.4, -0.2) is 170 Å². The van der Waals surface area contributed by atoms with Crippen molar-refractivity contribution in [2.45, 2.75) is 63.6 Å².